The average Bonchev–Trinajstić information content (AvgIpc) is 2.71. The Bertz CT molecular complexity index is 403. The number of amides is 1. The van der Waals surface area contributed by atoms with Crippen LogP contribution in [0.2, 0.25) is 0 Å². The summed E-state index contributed by atoms with van der Waals surface area (Å²) < 4.78 is 11.2. The predicted octanol–water partition coefficient (Wildman–Crippen LogP) is 1.88. The molecule has 0 aromatic carbocycles. The predicted molar refractivity (Wildman–Crippen MR) is 71.5 cm³/mol. The highest BCUT2D eigenvalue weighted by atomic mass is 16.6. The highest BCUT2D eigenvalue weighted by molar-refractivity contribution is 5.71. The third kappa shape index (κ3) is 3.42. The highest BCUT2D eigenvalue weighted by Crippen LogP contribution is 2.40. The van der Waals surface area contributed by atoms with Gasteiger partial charge < -0.3 is 19.5 Å². The lowest BCUT2D eigenvalue weighted by Crippen LogP contribution is -2.53. The first-order valence-electron chi connectivity index (χ1n) is 7.05. The number of hydrogen-bond acceptors (Lipinski definition) is 4. The van der Waals surface area contributed by atoms with Crippen LogP contribution in [0.3, 0.4) is 0 Å². The number of carboxylic acids is 1. The number of carbonyl (C=O) groups is 2. The summed E-state index contributed by atoms with van der Waals surface area (Å²) in [6.45, 7) is 6.84. The standard InChI is InChI=1S/C14H23NO5/c1-13(2,3)20-12(18)15-6-7-19-14(9-15)5-4-10(8-14)11(16)17/h10H,4-9H2,1-3H3,(H,16,17)/t10-,14+/m0/s1. The lowest BCUT2D eigenvalue weighted by atomic mass is 9.98. The van der Waals surface area contributed by atoms with Gasteiger partial charge in [0.25, 0.3) is 0 Å². The Morgan fingerprint density at radius 2 is 2.10 bits per heavy atom. The van der Waals surface area contributed by atoms with E-state index in [2.05, 4.69) is 0 Å². The first-order chi connectivity index (χ1) is 9.21. The van der Waals surface area contributed by atoms with Gasteiger partial charge >= 0.3 is 12.1 Å². The summed E-state index contributed by atoms with van der Waals surface area (Å²) in [5.74, 6) is -1.14. The minimum Gasteiger partial charge on any atom is -0.481 e. The van der Waals surface area contributed by atoms with Gasteiger partial charge in [0, 0.05) is 6.54 Å². The summed E-state index contributed by atoms with van der Waals surface area (Å²) >= 11 is 0. The van der Waals surface area contributed by atoms with E-state index >= 15 is 0 Å². The number of ether oxygens (including phenoxy) is 2. The van der Waals surface area contributed by atoms with E-state index < -0.39 is 17.2 Å². The molecule has 1 aliphatic heterocycles. The van der Waals surface area contributed by atoms with E-state index in [1.54, 1.807) is 4.90 Å². The lowest BCUT2D eigenvalue weighted by molar-refractivity contribution is -0.143. The van der Waals surface area contributed by atoms with Crippen molar-refractivity contribution in [1.82, 2.24) is 4.90 Å². The quantitative estimate of drug-likeness (QED) is 0.796. The van der Waals surface area contributed by atoms with Crippen LogP contribution >= 0.6 is 0 Å². The molecule has 20 heavy (non-hydrogen) atoms. The molecule has 2 fully saturated rings. The molecular weight excluding hydrogens is 262 g/mol. The summed E-state index contributed by atoms with van der Waals surface area (Å²) in [6, 6.07) is 0. The topological polar surface area (TPSA) is 76.1 Å². The molecule has 6 heteroatoms. The zero-order chi connectivity index (χ0) is 15.0. The van der Waals surface area contributed by atoms with Gasteiger partial charge in [0.2, 0.25) is 0 Å². The van der Waals surface area contributed by atoms with Gasteiger partial charge in [-0.25, -0.2) is 4.79 Å². The Morgan fingerprint density at radius 3 is 2.65 bits per heavy atom. The average molecular weight is 285 g/mol. The molecule has 1 saturated carbocycles. The molecule has 0 unspecified atom stereocenters. The van der Waals surface area contributed by atoms with Crippen LogP contribution in [0.1, 0.15) is 40.0 Å². The molecule has 114 valence electrons. The van der Waals surface area contributed by atoms with E-state index in [9.17, 15) is 9.59 Å². The monoisotopic (exact) mass is 285 g/mol. The third-order valence-electron chi connectivity index (χ3n) is 3.82. The summed E-state index contributed by atoms with van der Waals surface area (Å²) in [6.07, 6.45) is 1.42. The van der Waals surface area contributed by atoms with Gasteiger partial charge in [-0.05, 0) is 40.0 Å². The number of aliphatic carboxylic acids is 1. The van der Waals surface area contributed by atoms with E-state index in [-0.39, 0.29) is 12.0 Å². The van der Waals surface area contributed by atoms with Crippen molar-refractivity contribution in [1.29, 1.82) is 0 Å². The third-order valence-corrected chi connectivity index (χ3v) is 3.82. The summed E-state index contributed by atoms with van der Waals surface area (Å²) in [7, 11) is 0. The van der Waals surface area contributed by atoms with Gasteiger partial charge in [0.15, 0.2) is 0 Å². The van der Waals surface area contributed by atoms with Gasteiger partial charge in [-0.15, -0.1) is 0 Å². The largest absolute Gasteiger partial charge is 0.481 e. The van der Waals surface area contributed by atoms with Crippen molar-refractivity contribution in [2.24, 2.45) is 5.92 Å². The van der Waals surface area contributed by atoms with Gasteiger partial charge in [0.1, 0.15) is 5.60 Å². The van der Waals surface area contributed by atoms with Crippen LogP contribution in [0.25, 0.3) is 0 Å². The van der Waals surface area contributed by atoms with E-state index in [4.69, 9.17) is 14.6 Å². The molecule has 0 bridgehead atoms. The Morgan fingerprint density at radius 1 is 1.40 bits per heavy atom. The molecule has 0 aromatic rings. The SMILES string of the molecule is CC(C)(C)OC(=O)N1CCO[C@@]2(CC[C@H](C(=O)O)C2)C1. The highest BCUT2D eigenvalue weighted by Gasteiger charge is 2.47. The number of rotatable bonds is 1. The first-order valence-corrected chi connectivity index (χ1v) is 7.05. The van der Waals surface area contributed by atoms with Crippen molar-refractivity contribution in [3.8, 4) is 0 Å². The van der Waals surface area contributed by atoms with Crippen LogP contribution in [-0.4, -0.2) is 53.0 Å². The van der Waals surface area contributed by atoms with Crippen LogP contribution in [0.15, 0.2) is 0 Å². The van der Waals surface area contributed by atoms with E-state index in [0.29, 0.717) is 39.0 Å². The molecular formula is C14H23NO5. The Kier molecular flexibility index (Phi) is 3.95. The molecule has 2 rings (SSSR count). The second-order valence-electron chi connectivity index (χ2n) is 6.71. The van der Waals surface area contributed by atoms with Crippen LogP contribution in [0.5, 0.6) is 0 Å². The van der Waals surface area contributed by atoms with Crippen molar-refractivity contribution in [3.05, 3.63) is 0 Å². The fourth-order valence-corrected chi connectivity index (χ4v) is 2.90. The molecule has 1 N–H and O–H groups in total. The van der Waals surface area contributed by atoms with Gasteiger partial charge in [0.05, 0.1) is 24.7 Å². The van der Waals surface area contributed by atoms with Crippen LogP contribution in [0, 0.1) is 5.92 Å². The second-order valence-corrected chi connectivity index (χ2v) is 6.71. The number of carboxylic acid groups (broad SMARTS) is 1. The number of hydrogen-bond donors (Lipinski definition) is 1. The van der Waals surface area contributed by atoms with Crippen LogP contribution in [-0.2, 0) is 14.3 Å². The summed E-state index contributed by atoms with van der Waals surface area (Å²) in [5.41, 5.74) is -1.03. The summed E-state index contributed by atoms with van der Waals surface area (Å²) in [5, 5.41) is 9.09. The maximum Gasteiger partial charge on any atom is 0.410 e. The number of morpholine rings is 1. The molecule has 0 radical (unpaired) electrons. The molecule has 1 spiro atoms. The molecule has 2 aliphatic rings. The van der Waals surface area contributed by atoms with E-state index in [1.807, 2.05) is 20.8 Å². The Hall–Kier alpha value is -1.30. The zero-order valence-electron chi connectivity index (χ0n) is 12.3. The molecule has 6 nitrogen and oxygen atoms in total. The second kappa shape index (κ2) is 5.24. The normalized spacial score (nSPS) is 30.6. The molecule has 0 aromatic heterocycles. The van der Waals surface area contributed by atoms with Crippen molar-refractivity contribution in [3.63, 3.8) is 0 Å². The molecule has 1 aliphatic carbocycles. The molecule has 1 saturated heterocycles. The van der Waals surface area contributed by atoms with Crippen molar-refractivity contribution < 1.29 is 24.2 Å². The van der Waals surface area contributed by atoms with Crippen LogP contribution in [0.4, 0.5) is 4.79 Å². The fraction of sp³-hybridized carbons (Fsp3) is 0.857. The van der Waals surface area contributed by atoms with Gasteiger partial charge in [-0.3, -0.25) is 4.79 Å². The lowest BCUT2D eigenvalue weighted by Gasteiger charge is -2.40. The molecule has 1 heterocycles. The van der Waals surface area contributed by atoms with Crippen LogP contribution < -0.4 is 0 Å². The number of carbonyl (C=O) groups excluding carboxylic acids is 1. The molecule has 2 atom stereocenters. The summed E-state index contributed by atoms with van der Waals surface area (Å²) in [4.78, 5) is 24.8. The maximum atomic E-state index is 12.1. The van der Waals surface area contributed by atoms with E-state index in [1.165, 1.54) is 0 Å². The van der Waals surface area contributed by atoms with Crippen molar-refractivity contribution >= 4 is 12.1 Å². The minimum atomic E-state index is -0.778. The van der Waals surface area contributed by atoms with Gasteiger partial charge in [-0.1, -0.05) is 0 Å². The zero-order valence-corrected chi connectivity index (χ0v) is 12.3. The molecule has 1 amide bonds. The Labute approximate surface area is 119 Å². The van der Waals surface area contributed by atoms with E-state index in [0.717, 1.165) is 0 Å². The van der Waals surface area contributed by atoms with Crippen molar-refractivity contribution in [2.45, 2.75) is 51.2 Å². The van der Waals surface area contributed by atoms with Crippen molar-refractivity contribution in [2.75, 3.05) is 19.7 Å². The first kappa shape index (κ1) is 15.1. The maximum absolute atomic E-state index is 12.1. The minimum absolute atomic E-state index is 0.348. The Balaban J connectivity index is 1.99. The fourth-order valence-electron chi connectivity index (χ4n) is 2.90. The smallest absolute Gasteiger partial charge is 0.410 e. The van der Waals surface area contributed by atoms with Gasteiger partial charge in [-0.2, -0.15) is 0 Å². The number of nitrogens with zero attached hydrogens (tertiary/aromatic N) is 1.